The van der Waals surface area contributed by atoms with E-state index in [1.54, 1.807) is 48.5 Å². The summed E-state index contributed by atoms with van der Waals surface area (Å²) < 4.78 is 26.9. The Bertz CT molecular complexity index is 920. The molecule has 1 fully saturated rings. The molecule has 2 aromatic rings. The Labute approximate surface area is 169 Å². The van der Waals surface area contributed by atoms with Gasteiger partial charge in [0.1, 0.15) is 0 Å². The van der Waals surface area contributed by atoms with Crippen molar-refractivity contribution in [3.63, 3.8) is 0 Å². The highest BCUT2D eigenvalue weighted by Gasteiger charge is 2.33. The van der Waals surface area contributed by atoms with E-state index in [2.05, 4.69) is 5.32 Å². The Morgan fingerprint density at radius 1 is 1.15 bits per heavy atom. The Kier molecular flexibility index (Phi) is 6.42. The highest BCUT2D eigenvalue weighted by Crippen LogP contribution is 2.24. The molecule has 1 N–H and O–H groups in total. The molecule has 8 heteroatoms. The molecule has 1 heterocycles. The van der Waals surface area contributed by atoms with Crippen LogP contribution < -0.4 is 5.32 Å². The van der Waals surface area contributed by atoms with Gasteiger partial charge in [-0.15, -0.1) is 0 Å². The second kappa shape index (κ2) is 8.61. The van der Waals surface area contributed by atoms with E-state index in [1.165, 1.54) is 4.31 Å². The maximum atomic E-state index is 12.8. The maximum Gasteiger partial charge on any atom is 0.243 e. The van der Waals surface area contributed by atoms with Crippen LogP contribution in [-0.2, 0) is 21.4 Å². The summed E-state index contributed by atoms with van der Waals surface area (Å²) in [6.45, 7) is 0.873. The predicted octanol–water partition coefficient (Wildman–Crippen LogP) is 3.71. The predicted molar refractivity (Wildman–Crippen MR) is 106 cm³/mol. The number of carbonyl (C=O) groups is 1. The lowest BCUT2D eigenvalue weighted by Gasteiger charge is -2.31. The van der Waals surface area contributed by atoms with Crippen molar-refractivity contribution >= 4 is 39.1 Å². The van der Waals surface area contributed by atoms with Crippen LogP contribution >= 0.6 is 23.2 Å². The smallest absolute Gasteiger partial charge is 0.243 e. The quantitative estimate of drug-likeness (QED) is 0.791. The molecule has 5 nitrogen and oxygen atoms in total. The number of halogens is 2. The van der Waals surface area contributed by atoms with Gasteiger partial charge in [0.05, 0.1) is 10.8 Å². The van der Waals surface area contributed by atoms with Crippen molar-refractivity contribution in [1.29, 1.82) is 0 Å². The minimum absolute atomic E-state index is 0.172. The van der Waals surface area contributed by atoms with Crippen molar-refractivity contribution in [2.75, 3.05) is 13.1 Å². The first-order chi connectivity index (χ1) is 12.9. The van der Waals surface area contributed by atoms with Crippen molar-refractivity contribution < 1.29 is 13.2 Å². The normalized spacial score (nSPS) is 18.2. The Hall–Kier alpha value is -1.60. The SMILES string of the molecule is O=C(NCc1ccc(Cl)cc1Cl)[C@@H]1CCCN(S(=O)(=O)c2ccccc2)C1. The highest BCUT2D eigenvalue weighted by atomic mass is 35.5. The first-order valence-corrected chi connectivity index (χ1v) is 10.8. The van der Waals surface area contributed by atoms with Crippen molar-refractivity contribution in [1.82, 2.24) is 9.62 Å². The molecule has 0 aliphatic carbocycles. The summed E-state index contributed by atoms with van der Waals surface area (Å²) in [6, 6.07) is 13.4. The van der Waals surface area contributed by atoms with Gasteiger partial charge in [-0.25, -0.2) is 8.42 Å². The monoisotopic (exact) mass is 426 g/mol. The number of hydrogen-bond acceptors (Lipinski definition) is 3. The van der Waals surface area contributed by atoms with Crippen molar-refractivity contribution in [2.24, 2.45) is 5.92 Å². The topological polar surface area (TPSA) is 66.5 Å². The number of sulfonamides is 1. The molecular formula is C19H20Cl2N2O3S. The van der Waals surface area contributed by atoms with E-state index in [9.17, 15) is 13.2 Å². The number of amides is 1. The zero-order valence-electron chi connectivity index (χ0n) is 14.6. The van der Waals surface area contributed by atoms with Gasteiger partial charge in [0.25, 0.3) is 0 Å². The summed E-state index contributed by atoms with van der Waals surface area (Å²) in [5.41, 5.74) is 0.763. The van der Waals surface area contributed by atoms with E-state index in [4.69, 9.17) is 23.2 Å². The fraction of sp³-hybridized carbons (Fsp3) is 0.316. The molecule has 2 aromatic carbocycles. The molecule has 1 aliphatic rings. The van der Waals surface area contributed by atoms with E-state index >= 15 is 0 Å². The second-order valence-electron chi connectivity index (χ2n) is 6.47. The van der Waals surface area contributed by atoms with Gasteiger partial charge in [-0.1, -0.05) is 47.5 Å². The van der Waals surface area contributed by atoms with Crippen LogP contribution in [0, 0.1) is 5.92 Å². The number of nitrogens with zero attached hydrogens (tertiary/aromatic N) is 1. The Balaban J connectivity index is 1.64. The molecule has 0 bridgehead atoms. The molecule has 0 unspecified atom stereocenters. The van der Waals surface area contributed by atoms with Crippen LogP contribution in [0.4, 0.5) is 0 Å². The van der Waals surface area contributed by atoms with Gasteiger partial charge in [0.2, 0.25) is 15.9 Å². The molecule has 27 heavy (non-hydrogen) atoms. The summed E-state index contributed by atoms with van der Waals surface area (Å²) in [5, 5.41) is 3.87. The van der Waals surface area contributed by atoms with E-state index < -0.39 is 10.0 Å². The summed E-state index contributed by atoms with van der Waals surface area (Å²) >= 11 is 12.0. The van der Waals surface area contributed by atoms with Crippen LogP contribution in [0.2, 0.25) is 10.0 Å². The molecule has 1 aliphatic heterocycles. The minimum Gasteiger partial charge on any atom is -0.352 e. The molecule has 144 valence electrons. The van der Waals surface area contributed by atoms with E-state index in [-0.39, 0.29) is 29.8 Å². The largest absolute Gasteiger partial charge is 0.352 e. The zero-order chi connectivity index (χ0) is 19.4. The van der Waals surface area contributed by atoms with Crippen LogP contribution in [0.25, 0.3) is 0 Å². The Morgan fingerprint density at radius 2 is 1.89 bits per heavy atom. The zero-order valence-corrected chi connectivity index (χ0v) is 16.9. The highest BCUT2D eigenvalue weighted by molar-refractivity contribution is 7.89. The molecule has 1 saturated heterocycles. The number of piperidine rings is 1. The third-order valence-corrected chi connectivity index (χ3v) is 7.07. The molecule has 3 rings (SSSR count). The van der Waals surface area contributed by atoms with E-state index in [0.717, 1.165) is 5.56 Å². The molecule has 1 amide bonds. The lowest BCUT2D eigenvalue weighted by molar-refractivity contribution is -0.126. The Morgan fingerprint density at radius 3 is 2.59 bits per heavy atom. The van der Waals surface area contributed by atoms with Crippen LogP contribution in [-0.4, -0.2) is 31.7 Å². The lowest BCUT2D eigenvalue weighted by Crippen LogP contribution is -2.45. The van der Waals surface area contributed by atoms with Crippen molar-refractivity contribution in [3.8, 4) is 0 Å². The average Bonchev–Trinajstić information content (AvgIpc) is 2.68. The van der Waals surface area contributed by atoms with Crippen LogP contribution in [0.3, 0.4) is 0 Å². The molecule has 1 atom stereocenters. The first kappa shape index (κ1) is 20.1. The molecule has 0 spiro atoms. The fourth-order valence-electron chi connectivity index (χ4n) is 3.11. The molecular weight excluding hydrogens is 407 g/mol. The molecule has 0 radical (unpaired) electrons. The van der Waals surface area contributed by atoms with Crippen LogP contribution in [0.5, 0.6) is 0 Å². The lowest BCUT2D eigenvalue weighted by atomic mass is 9.99. The summed E-state index contributed by atoms with van der Waals surface area (Å²) in [5.74, 6) is -0.558. The fourth-order valence-corrected chi connectivity index (χ4v) is 5.13. The van der Waals surface area contributed by atoms with Crippen LogP contribution in [0.15, 0.2) is 53.4 Å². The van der Waals surface area contributed by atoms with Gasteiger partial charge in [-0.05, 0) is 42.7 Å². The average molecular weight is 427 g/mol. The van der Waals surface area contributed by atoms with Gasteiger partial charge in [0.15, 0.2) is 0 Å². The number of benzene rings is 2. The third kappa shape index (κ3) is 4.82. The number of hydrogen-bond donors (Lipinski definition) is 1. The molecule has 0 aromatic heterocycles. The number of nitrogens with one attached hydrogen (secondary N) is 1. The van der Waals surface area contributed by atoms with Crippen molar-refractivity contribution in [2.45, 2.75) is 24.3 Å². The van der Waals surface area contributed by atoms with Gasteiger partial charge in [0, 0.05) is 29.7 Å². The van der Waals surface area contributed by atoms with Gasteiger partial charge >= 0.3 is 0 Å². The van der Waals surface area contributed by atoms with E-state index in [1.807, 2.05) is 0 Å². The maximum absolute atomic E-state index is 12.8. The van der Waals surface area contributed by atoms with Gasteiger partial charge in [-0.3, -0.25) is 4.79 Å². The third-order valence-electron chi connectivity index (χ3n) is 4.60. The standard InChI is InChI=1S/C19H20Cl2N2O3S/c20-16-9-8-14(18(21)11-16)12-22-19(24)15-5-4-10-23(13-15)27(25,26)17-6-2-1-3-7-17/h1-3,6-9,11,15H,4-5,10,12-13H2,(H,22,24)/t15-/m1/s1. The van der Waals surface area contributed by atoms with Gasteiger partial charge < -0.3 is 5.32 Å². The molecule has 0 saturated carbocycles. The van der Waals surface area contributed by atoms with Gasteiger partial charge in [-0.2, -0.15) is 4.31 Å². The van der Waals surface area contributed by atoms with Crippen LogP contribution in [0.1, 0.15) is 18.4 Å². The number of carbonyl (C=O) groups excluding carboxylic acids is 1. The first-order valence-electron chi connectivity index (χ1n) is 8.65. The second-order valence-corrected chi connectivity index (χ2v) is 9.25. The number of rotatable bonds is 5. The van der Waals surface area contributed by atoms with Crippen molar-refractivity contribution in [3.05, 3.63) is 64.1 Å². The minimum atomic E-state index is -3.59. The summed E-state index contributed by atoms with van der Waals surface area (Å²) in [7, 11) is -3.59. The summed E-state index contributed by atoms with van der Waals surface area (Å²) in [4.78, 5) is 12.8. The van der Waals surface area contributed by atoms with E-state index in [0.29, 0.717) is 29.4 Å². The summed E-state index contributed by atoms with van der Waals surface area (Å²) in [6.07, 6.45) is 1.30.